The van der Waals surface area contributed by atoms with Crippen LogP contribution in [0.4, 0.5) is 0 Å². The van der Waals surface area contributed by atoms with Crippen molar-refractivity contribution in [2.75, 3.05) is 19.7 Å². The van der Waals surface area contributed by atoms with Gasteiger partial charge in [0.05, 0.1) is 6.61 Å². The normalized spacial score (nSPS) is 20.3. The number of carbonyl (C=O) groups excluding carboxylic acids is 2. The van der Waals surface area contributed by atoms with Gasteiger partial charge in [-0.3, -0.25) is 4.79 Å². The number of amides is 1. The molecular formula is C13H24N2O3. The molecule has 5 nitrogen and oxygen atoms in total. The maximum Gasteiger partial charge on any atom is 0.332 e. The number of hydrogen-bond donors (Lipinski definition) is 1. The van der Waals surface area contributed by atoms with Gasteiger partial charge in [-0.05, 0) is 25.2 Å². The van der Waals surface area contributed by atoms with Crippen LogP contribution in [0.25, 0.3) is 0 Å². The molecule has 5 heteroatoms. The van der Waals surface area contributed by atoms with Gasteiger partial charge in [0.1, 0.15) is 0 Å². The molecule has 1 aliphatic rings. The van der Waals surface area contributed by atoms with Gasteiger partial charge < -0.3 is 15.4 Å². The van der Waals surface area contributed by atoms with Crippen LogP contribution in [0.1, 0.15) is 40.0 Å². The number of esters is 1. The largest absolute Gasteiger partial charge is 0.464 e. The monoisotopic (exact) mass is 256 g/mol. The lowest BCUT2D eigenvalue weighted by molar-refractivity contribution is -0.151. The third-order valence-corrected chi connectivity index (χ3v) is 3.94. The summed E-state index contributed by atoms with van der Waals surface area (Å²) >= 11 is 0. The van der Waals surface area contributed by atoms with E-state index in [0.717, 1.165) is 19.3 Å². The Morgan fingerprint density at radius 1 is 1.33 bits per heavy atom. The summed E-state index contributed by atoms with van der Waals surface area (Å²) in [4.78, 5) is 25.1. The molecule has 0 aromatic carbocycles. The molecule has 1 amide bonds. The molecule has 1 atom stereocenters. The molecule has 0 spiro atoms. The highest BCUT2D eigenvalue weighted by Gasteiger charge is 2.34. The van der Waals surface area contributed by atoms with Crippen molar-refractivity contribution in [3.8, 4) is 0 Å². The highest BCUT2D eigenvalue weighted by atomic mass is 16.5. The van der Waals surface area contributed by atoms with Crippen LogP contribution in [-0.4, -0.2) is 42.5 Å². The van der Waals surface area contributed by atoms with Gasteiger partial charge in [0, 0.05) is 13.1 Å². The molecule has 1 fully saturated rings. The predicted molar refractivity (Wildman–Crippen MR) is 68.8 cm³/mol. The Morgan fingerprint density at radius 3 is 2.33 bits per heavy atom. The van der Waals surface area contributed by atoms with Gasteiger partial charge in [-0.1, -0.05) is 20.3 Å². The number of carbonyl (C=O) groups is 2. The zero-order chi connectivity index (χ0) is 13.8. The highest BCUT2D eigenvalue weighted by molar-refractivity contribution is 6.01. The van der Waals surface area contributed by atoms with Crippen molar-refractivity contribution in [2.45, 2.75) is 46.1 Å². The van der Waals surface area contributed by atoms with Gasteiger partial charge in [0.2, 0.25) is 0 Å². The third kappa shape index (κ3) is 3.45. The molecular weight excluding hydrogens is 232 g/mol. The molecule has 0 bridgehead atoms. The number of likely N-dealkylation sites (tertiary alicyclic amines) is 1. The number of nitrogens with zero attached hydrogens (tertiary/aromatic N) is 1. The minimum absolute atomic E-state index is 0.244. The summed E-state index contributed by atoms with van der Waals surface area (Å²) in [6, 6.07) is -1.17. The zero-order valence-corrected chi connectivity index (χ0v) is 11.6. The Balaban J connectivity index is 2.52. The maximum atomic E-state index is 12.0. The Kier molecular flexibility index (Phi) is 5.14. The van der Waals surface area contributed by atoms with Gasteiger partial charge in [0.15, 0.2) is 6.04 Å². The summed E-state index contributed by atoms with van der Waals surface area (Å²) in [6.07, 6.45) is 3.04. The van der Waals surface area contributed by atoms with Crippen molar-refractivity contribution in [1.29, 1.82) is 0 Å². The van der Waals surface area contributed by atoms with Crippen molar-refractivity contribution in [1.82, 2.24) is 4.90 Å². The molecule has 0 aliphatic carbocycles. The lowest BCUT2D eigenvalue weighted by Gasteiger charge is -2.39. The first kappa shape index (κ1) is 15.0. The number of piperidine rings is 1. The van der Waals surface area contributed by atoms with Crippen LogP contribution in [0.5, 0.6) is 0 Å². The molecule has 0 radical (unpaired) electrons. The van der Waals surface area contributed by atoms with Crippen molar-refractivity contribution >= 4 is 11.9 Å². The molecule has 1 heterocycles. The second-order valence-electron chi connectivity index (χ2n) is 5.22. The van der Waals surface area contributed by atoms with Crippen LogP contribution in [-0.2, 0) is 14.3 Å². The van der Waals surface area contributed by atoms with Crippen LogP contribution in [0.15, 0.2) is 0 Å². The molecule has 18 heavy (non-hydrogen) atoms. The first-order chi connectivity index (χ1) is 8.43. The van der Waals surface area contributed by atoms with E-state index in [0.29, 0.717) is 18.5 Å². The Hall–Kier alpha value is -1.10. The van der Waals surface area contributed by atoms with Crippen LogP contribution in [0, 0.1) is 5.41 Å². The van der Waals surface area contributed by atoms with Crippen molar-refractivity contribution in [3.63, 3.8) is 0 Å². The molecule has 1 unspecified atom stereocenters. The van der Waals surface area contributed by atoms with Crippen LogP contribution in [0.3, 0.4) is 0 Å². The van der Waals surface area contributed by atoms with Crippen LogP contribution in [0.2, 0.25) is 0 Å². The number of rotatable bonds is 4. The SMILES string of the molecule is CCOC(=O)C(N)C(=O)N1CCC(C)(CC)CC1. The second-order valence-corrected chi connectivity index (χ2v) is 5.22. The average Bonchev–Trinajstić information content (AvgIpc) is 2.38. The molecule has 0 saturated carbocycles. The van der Waals surface area contributed by atoms with E-state index in [-0.39, 0.29) is 12.5 Å². The zero-order valence-electron chi connectivity index (χ0n) is 11.6. The number of hydrogen-bond acceptors (Lipinski definition) is 4. The van der Waals surface area contributed by atoms with Gasteiger partial charge in [0.25, 0.3) is 5.91 Å². The minimum Gasteiger partial charge on any atom is -0.464 e. The first-order valence-electron chi connectivity index (χ1n) is 6.64. The molecule has 2 N–H and O–H groups in total. The van der Waals surface area contributed by atoms with Crippen molar-refractivity contribution in [2.24, 2.45) is 11.1 Å². The number of nitrogens with two attached hydrogens (primary N) is 1. The fourth-order valence-electron chi connectivity index (χ4n) is 2.15. The van der Waals surface area contributed by atoms with E-state index in [1.807, 2.05) is 0 Å². The molecule has 1 saturated heterocycles. The predicted octanol–water partition coefficient (Wildman–Crippen LogP) is 0.915. The lowest BCUT2D eigenvalue weighted by Crippen LogP contribution is -2.52. The Labute approximate surface area is 109 Å². The summed E-state index contributed by atoms with van der Waals surface area (Å²) in [5.74, 6) is -0.946. The van der Waals surface area contributed by atoms with E-state index in [4.69, 9.17) is 10.5 Å². The lowest BCUT2D eigenvalue weighted by atomic mass is 9.78. The molecule has 1 rings (SSSR count). The molecule has 0 aromatic rings. The average molecular weight is 256 g/mol. The third-order valence-electron chi connectivity index (χ3n) is 3.94. The highest BCUT2D eigenvalue weighted by Crippen LogP contribution is 2.33. The van der Waals surface area contributed by atoms with E-state index in [1.165, 1.54) is 0 Å². The maximum absolute atomic E-state index is 12.0. The van der Waals surface area contributed by atoms with Gasteiger partial charge in [-0.2, -0.15) is 0 Å². The van der Waals surface area contributed by atoms with Crippen molar-refractivity contribution in [3.05, 3.63) is 0 Å². The molecule has 104 valence electrons. The van der Waals surface area contributed by atoms with E-state index in [2.05, 4.69) is 13.8 Å². The van der Waals surface area contributed by atoms with E-state index >= 15 is 0 Å². The van der Waals surface area contributed by atoms with Gasteiger partial charge >= 0.3 is 5.97 Å². The Morgan fingerprint density at radius 2 is 1.89 bits per heavy atom. The van der Waals surface area contributed by atoms with Crippen LogP contribution >= 0.6 is 0 Å². The van der Waals surface area contributed by atoms with Gasteiger partial charge in [-0.25, -0.2) is 4.79 Å². The Bertz CT molecular complexity index is 309. The van der Waals surface area contributed by atoms with E-state index in [9.17, 15) is 9.59 Å². The quantitative estimate of drug-likeness (QED) is 0.599. The summed E-state index contributed by atoms with van der Waals surface area (Å²) in [6.45, 7) is 7.70. The molecule has 1 aliphatic heterocycles. The standard InChI is InChI=1S/C13H24N2O3/c1-4-13(3)6-8-15(9-7-13)11(16)10(14)12(17)18-5-2/h10H,4-9,14H2,1-3H3. The minimum atomic E-state index is -1.17. The molecule has 0 aromatic heterocycles. The van der Waals surface area contributed by atoms with Crippen molar-refractivity contribution < 1.29 is 14.3 Å². The summed E-state index contributed by atoms with van der Waals surface area (Å²) in [5, 5.41) is 0. The van der Waals surface area contributed by atoms with E-state index < -0.39 is 12.0 Å². The second kappa shape index (κ2) is 6.18. The number of ether oxygens (including phenoxy) is 1. The summed E-state index contributed by atoms with van der Waals surface area (Å²) in [7, 11) is 0. The fourth-order valence-corrected chi connectivity index (χ4v) is 2.15. The first-order valence-corrected chi connectivity index (χ1v) is 6.64. The summed E-state index contributed by atoms with van der Waals surface area (Å²) in [5.41, 5.74) is 5.92. The topological polar surface area (TPSA) is 72.6 Å². The van der Waals surface area contributed by atoms with Crippen LogP contribution < -0.4 is 5.73 Å². The van der Waals surface area contributed by atoms with Gasteiger partial charge in [-0.15, -0.1) is 0 Å². The smallest absolute Gasteiger partial charge is 0.332 e. The van der Waals surface area contributed by atoms with E-state index in [1.54, 1.807) is 11.8 Å². The fraction of sp³-hybridized carbons (Fsp3) is 0.846. The summed E-state index contributed by atoms with van der Waals surface area (Å²) < 4.78 is 4.77.